The van der Waals surface area contributed by atoms with Gasteiger partial charge in [-0.2, -0.15) is 5.10 Å². The Labute approximate surface area is 192 Å². The third kappa shape index (κ3) is 6.84. The normalized spacial score (nSPS) is 10.6. The van der Waals surface area contributed by atoms with E-state index < -0.39 is 22.6 Å². The fraction of sp³-hybridized carbons (Fsp3) is 0.0455. The number of hydrazone groups is 1. The van der Waals surface area contributed by atoms with E-state index in [9.17, 15) is 24.1 Å². The van der Waals surface area contributed by atoms with E-state index in [0.29, 0.717) is 16.3 Å². The van der Waals surface area contributed by atoms with Crippen molar-refractivity contribution in [1.29, 1.82) is 0 Å². The van der Waals surface area contributed by atoms with Crippen LogP contribution >= 0.6 is 11.6 Å². The van der Waals surface area contributed by atoms with E-state index in [2.05, 4.69) is 15.8 Å². The summed E-state index contributed by atoms with van der Waals surface area (Å²) >= 11 is 6.01. The minimum atomic E-state index is -0.655. The van der Waals surface area contributed by atoms with Gasteiger partial charge >= 0.3 is 0 Å². The summed E-state index contributed by atoms with van der Waals surface area (Å²) < 4.78 is 18.5. The average molecular weight is 471 g/mol. The smallest absolute Gasteiger partial charge is 0.271 e. The number of carbonyl (C=O) groups is 2. The summed E-state index contributed by atoms with van der Waals surface area (Å²) in [6, 6.07) is 15.0. The Bertz CT molecular complexity index is 1220. The molecule has 0 aromatic heterocycles. The number of halogens is 2. The van der Waals surface area contributed by atoms with Crippen LogP contribution in [0.2, 0.25) is 5.02 Å². The number of ether oxygens (including phenoxy) is 1. The average Bonchev–Trinajstić information content (AvgIpc) is 2.80. The van der Waals surface area contributed by atoms with Gasteiger partial charge in [0.25, 0.3) is 17.5 Å². The van der Waals surface area contributed by atoms with E-state index >= 15 is 0 Å². The molecule has 0 fully saturated rings. The largest absolute Gasteiger partial charge is 0.483 e. The number of nitrogens with one attached hydrogen (secondary N) is 2. The molecule has 3 rings (SSSR count). The molecule has 0 aliphatic rings. The Hall–Kier alpha value is -4.31. The maximum Gasteiger partial charge on any atom is 0.271 e. The number of hydrogen-bond acceptors (Lipinski definition) is 6. The lowest BCUT2D eigenvalue weighted by molar-refractivity contribution is -0.384. The molecule has 3 aromatic carbocycles. The summed E-state index contributed by atoms with van der Waals surface area (Å²) in [5.41, 5.74) is 2.87. The minimum absolute atomic E-state index is 0.0568. The summed E-state index contributed by atoms with van der Waals surface area (Å²) in [7, 11) is 0. The third-order valence-corrected chi connectivity index (χ3v) is 4.38. The molecule has 0 bridgehead atoms. The van der Waals surface area contributed by atoms with E-state index in [1.54, 1.807) is 6.07 Å². The van der Waals surface area contributed by atoms with E-state index in [0.717, 1.165) is 6.07 Å². The molecule has 3 aromatic rings. The number of nitrogens with zero attached hydrogens (tertiary/aromatic N) is 2. The molecule has 168 valence electrons. The number of hydrogen-bond donors (Lipinski definition) is 2. The Morgan fingerprint density at radius 3 is 2.61 bits per heavy atom. The van der Waals surface area contributed by atoms with Crippen LogP contribution in [-0.4, -0.2) is 29.6 Å². The van der Waals surface area contributed by atoms with Crippen molar-refractivity contribution in [2.75, 3.05) is 11.9 Å². The van der Waals surface area contributed by atoms with E-state index in [1.807, 2.05) is 0 Å². The molecule has 0 atom stereocenters. The lowest BCUT2D eigenvalue weighted by Gasteiger charge is -2.10. The molecule has 11 heteroatoms. The van der Waals surface area contributed by atoms with Crippen molar-refractivity contribution in [3.05, 3.63) is 98.8 Å². The van der Waals surface area contributed by atoms with Crippen molar-refractivity contribution in [3.8, 4) is 5.75 Å². The molecule has 0 aliphatic heterocycles. The van der Waals surface area contributed by atoms with Gasteiger partial charge in [0.2, 0.25) is 0 Å². The Morgan fingerprint density at radius 2 is 1.88 bits per heavy atom. The quantitative estimate of drug-likeness (QED) is 0.290. The van der Waals surface area contributed by atoms with Crippen LogP contribution in [0.25, 0.3) is 0 Å². The summed E-state index contributed by atoms with van der Waals surface area (Å²) in [6.07, 6.45) is 1.26. The lowest BCUT2D eigenvalue weighted by atomic mass is 10.2. The van der Waals surface area contributed by atoms with Crippen LogP contribution in [0.3, 0.4) is 0 Å². The van der Waals surface area contributed by atoms with Crippen molar-refractivity contribution in [1.82, 2.24) is 5.43 Å². The maximum atomic E-state index is 13.0. The number of amides is 2. The minimum Gasteiger partial charge on any atom is -0.483 e. The molecule has 0 saturated heterocycles. The van der Waals surface area contributed by atoms with Gasteiger partial charge in [0.1, 0.15) is 11.6 Å². The summed E-state index contributed by atoms with van der Waals surface area (Å²) in [4.78, 5) is 34.5. The summed E-state index contributed by atoms with van der Waals surface area (Å²) in [5, 5.41) is 17.6. The molecule has 0 radical (unpaired) electrons. The first-order valence-corrected chi connectivity index (χ1v) is 9.75. The van der Waals surface area contributed by atoms with E-state index in [1.165, 1.54) is 60.8 Å². The van der Waals surface area contributed by atoms with Gasteiger partial charge in [0.05, 0.1) is 11.1 Å². The fourth-order valence-corrected chi connectivity index (χ4v) is 2.79. The first-order valence-electron chi connectivity index (χ1n) is 9.37. The number of carbonyl (C=O) groups excluding carboxylic acids is 2. The number of nitro benzene ring substituents is 1. The first kappa shape index (κ1) is 23.4. The zero-order valence-corrected chi connectivity index (χ0v) is 17.6. The number of rotatable bonds is 8. The zero-order valence-electron chi connectivity index (χ0n) is 16.8. The number of anilines is 1. The van der Waals surface area contributed by atoms with Crippen LogP contribution in [0.4, 0.5) is 15.8 Å². The molecule has 2 amide bonds. The van der Waals surface area contributed by atoms with Crippen molar-refractivity contribution >= 4 is 41.0 Å². The second-order valence-electron chi connectivity index (χ2n) is 6.53. The summed E-state index contributed by atoms with van der Waals surface area (Å²) in [5.74, 6) is -1.29. The van der Waals surface area contributed by atoms with Gasteiger partial charge in [0.15, 0.2) is 6.61 Å². The van der Waals surface area contributed by atoms with Crippen LogP contribution in [-0.2, 0) is 4.79 Å². The monoisotopic (exact) mass is 470 g/mol. The molecule has 2 N–H and O–H groups in total. The van der Waals surface area contributed by atoms with Crippen LogP contribution < -0.4 is 15.5 Å². The lowest BCUT2D eigenvalue weighted by Crippen LogP contribution is -2.20. The first-order chi connectivity index (χ1) is 15.8. The van der Waals surface area contributed by atoms with Crippen molar-refractivity contribution < 1.29 is 23.6 Å². The van der Waals surface area contributed by atoms with Crippen molar-refractivity contribution in [2.45, 2.75) is 0 Å². The fourth-order valence-electron chi connectivity index (χ4n) is 2.61. The molecule has 0 spiro atoms. The number of benzene rings is 3. The van der Waals surface area contributed by atoms with Gasteiger partial charge < -0.3 is 10.1 Å². The van der Waals surface area contributed by atoms with Gasteiger partial charge in [-0.1, -0.05) is 17.7 Å². The standard InChI is InChI=1S/C22H16ClFN4O5/c23-16-4-9-20(33-13-21(29)26-18-7-5-17(24)6-8-18)15(10-16)12-25-27-22(30)14-2-1-3-19(11-14)28(31)32/h1-12H,13H2,(H,26,29)(H,27,30)/b25-12+. The molecular formula is C22H16ClFN4O5. The molecule has 0 heterocycles. The highest BCUT2D eigenvalue weighted by molar-refractivity contribution is 6.30. The Morgan fingerprint density at radius 1 is 1.12 bits per heavy atom. The zero-order chi connectivity index (χ0) is 23.8. The van der Waals surface area contributed by atoms with Gasteiger partial charge in [0, 0.05) is 34.0 Å². The Balaban J connectivity index is 1.63. The van der Waals surface area contributed by atoms with E-state index in [4.69, 9.17) is 16.3 Å². The topological polar surface area (TPSA) is 123 Å². The Kier molecular flexibility index (Phi) is 7.66. The second kappa shape index (κ2) is 10.8. The van der Waals surface area contributed by atoms with Crippen molar-refractivity contribution in [2.24, 2.45) is 5.10 Å². The maximum absolute atomic E-state index is 13.0. The SMILES string of the molecule is O=C(COc1ccc(Cl)cc1/C=N/NC(=O)c1cccc([N+](=O)[O-])c1)Nc1ccc(F)cc1. The predicted molar refractivity (Wildman–Crippen MR) is 120 cm³/mol. The second-order valence-corrected chi connectivity index (χ2v) is 6.97. The highest BCUT2D eigenvalue weighted by Gasteiger charge is 2.11. The van der Waals surface area contributed by atoms with Crippen molar-refractivity contribution in [3.63, 3.8) is 0 Å². The molecular weight excluding hydrogens is 455 g/mol. The van der Waals surface area contributed by atoms with E-state index in [-0.39, 0.29) is 23.6 Å². The highest BCUT2D eigenvalue weighted by Crippen LogP contribution is 2.21. The molecule has 0 saturated carbocycles. The molecule has 0 aliphatic carbocycles. The summed E-state index contributed by atoms with van der Waals surface area (Å²) in [6.45, 7) is -0.347. The molecule has 33 heavy (non-hydrogen) atoms. The predicted octanol–water partition coefficient (Wildman–Crippen LogP) is 4.17. The van der Waals surface area contributed by atoms with Gasteiger partial charge in [-0.25, -0.2) is 9.82 Å². The molecule has 9 nitrogen and oxygen atoms in total. The van der Waals surface area contributed by atoms with Gasteiger partial charge in [-0.05, 0) is 48.5 Å². The van der Waals surface area contributed by atoms with Gasteiger partial charge in [-0.3, -0.25) is 19.7 Å². The van der Waals surface area contributed by atoms with Crippen LogP contribution in [0.15, 0.2) is 71.8 Å². The van der Waals surface area contributed by atoms with Crippen LogP contribution in [0.5, 0.6) is 5.75 Å². The molecule has 0 unspecified atom stereocenters. The van der Waals surface area contributed by atoms with Gasteiger partial charge in [-0.15, -0.1) is 0 Å². The van der Waals surface area contributed by atoms with Crippen LogP contribution in [0, 0.1) is 15.9 Å². The van der Waals surface area contributed by atoms with Crippen LogP contribution in [0.1, 0.15) is 15.9 Å². The number of nitro groups is 1. The highest BCUT2D eigenvalue weighted by atomic mass is 35.5. The third-order valence-electron chi connectivity index (χ3n) is 4.15. The number of non-ortho nitro benzene ring substituents is 1.